The number of nitrogens with zero attached hydrogens (tertiary/aromatic N) is 2. The second-order valence-corrected chi connectivity index (χ2v) is 5.20. The predicted molar refractivity (Wildman–Crippen MR) is 70.6 cm³/mol. The predicted octanol–water partition coefficient (Wildman–Crippen LogP) is 0.760. The van der Waals surface area contributed by atoms with Crippen LogP contribution in [0.15, 0.2) is 0 Å². The minimum absolute atomic E-state index is 0.137. The van der Waals surface area contributed by atoms with Gasteiger partial charge in [0, 0.05) is 45.8 Å². The molecule has 0 spiro atoms. The first-order valence-electron chi connectivity index (χ1n) is 7.14. The lowest BCUT2D eigenvalue weighted by molar-refractivity contribution is 0.0789. The molecule has 0 aromatic rings. The van der Waals surface area contributed by atoms with Crippen molar-refractivity contribution in [2.75, 3.05) is 52.4 Å². The molecule has 0 aromatic carbocycles. The third-order valence-corrected chi connectivity index (χ3v) is 3.77. The monoisotopic (exact) mass is 255 g/mol. The van der Waals surface area contributed by atoms with Crippen LogP contribution in [0.4, 0.5) is 4.79 Å². The average Bonchev–Trinajstić information content (AvgIpc) is 2.40. The highest BCUT2D eigenvalue weighted by Gasteiger charge is 2.26. The molecule has 104 valence electrons. The highest BCUT2D eigenvalue weighted by atomic mass is 16.6. The van der Waals surface area contributed by atoms with Gasteiger partial charge in [-0.15, -0.1) is 0 Å². The number of amides is 1. The molecule has 2 aliphatic rings. The number of piperazine rings is 1. The number of likely N-dealkylation sites (tertiary alicyclic amines) is 1. The molecular formula is C13H25N3O2. The number of carbonyl (C=O) groups is 1. The van der Waals surface area contributed by atoms with Crippen LogP contribution in [0.1, 0.15) is 19.8 Å². The maximum atomic E-state index is 11.7. The lowest BCUT2D eigenvalue weighted by atomic mass is 9.97. The molecule has 1 amide bonds. The summed E-state index contributed by atoms with van der Waals surface area (Å²) < 4.78 is 5.08. The van der Waals surface area contributed by atoms with E-state index in [0.29, 0.717) is 12.5 Å². The number of piperidine rings is 1. The van der Waals surface area contributed by atoms with E-state index in [0.717, 1.165) is 52.2 Å². The second kappa shape index (κ2) is 6.95. The topological polar surface area (TPSA) is 44.8 Å². The van der Waals surface area contributed by atoms with Crippen molar-refractivity contribution in [3.8, 4) is 0 Å². The number of rotatable bonds is 3. The Kier molecular flexibility index (Phi) is 5.26. The van der Waals surface area contributed by atoms with Crippen molar-refractivity contribution in [3.63, 3.8) is 0 Å². The van der Waals surface area contributed by atoms with Gasteiger partial charge in [-0.3, -0.25) is 0 Å². The first kappa shape index (κ1) is 13.6. The molecule has 2 rings (SSSR count). The van der Waals surface area contributed by atoms with Crippen molar-refractivity contribution in [2.24, 2.45) is 5.92 Å². The Bertz CT molecular complexity index is 267. The van der Waals surface area contributed by atoms with Crippen LogP contribution in [0.2, 0.25) is 0 Å². The molecule has 2 heterocycles. The maximum Gasteiger partial charge on any atom is 0.409 e. The Labute approximate surface area is 109 Å². The number of nitrogens with one attached hydrogen (secondary N) is 1. The van der Waals surface area contributed by atoms with Gasteiger partial charge in [-0.1, -0.05) is 0 Å². The van der Waals surface area contributed by atoms with Crippen LogP contribution in [0, 0.1) is 5.92 Å². The highest BCUT2D eigenvalue weighted by molar-refractivity contribution is 5.67. The first-order valence-corrected chi connectivity index (χ1v) is 7.14. The maximum absolute atomic E-state index is 11.7. The lowest BCUT2D eigenvalue weighted by Crippen LogP contribution is -2.48. The Balaban J connectivity index is 1.77. The summed E-state index contributed by atoms with van der Waals surface area (Å²) in [6.45, 7) is 9.63. The molecule has 1 N–H and O–H groups in total. The van der Waals surface area contributed by atoms with Gasteiger partial charge in [-0.2, -0.15) is 0 Å². The van der Waals surface area contributed by atoms with E-state index < -0.39 is 0 Å². The van der Waals surface area contributed by atoms with Crippen LogP contribution in [0.3, 0.4) is 0 Å². The smallest absolute Gasteiger partial charge is 0.409 e. The molecule has 5 nitrogen and oxygen atoms in total. The minimum Gasteiger partial charge on any atom is -0.450 e. The number of hydrogen-bond donors (Lipinski definition) is 1. The molecule has 0 radical (unpaired) electrons. The lowest BCUT2D eigenvalue weighted by Gasteiger charge is -2.36. The number of hydrogen-bond acceptors (Lipinski definition) is 4. The zero-order valence-corrected chi connectivity index (χ0v) is 11.4. The molecular weight excluding hydrogens is 230 g/mol. The van der Waals surface area contributed by atoms with Gasteiger partial charge in [0.25, 0.3) is 0 Å². The Morgan fingerprint density at radius 3 is 2.83 bits per heavy atom. The zero-order chi connectivity index (χ0) is 12.8. The van der Waals surface area contributed by atoms with Gasteiger partial charge in [-0.05, 0) is 25.7 Å². The van der Waals surface area contributed by atoms with Gasteiger partial charge in [0.1, 0.15) is 0 Å². The summed E-state index contributed by atoms with van der Waals surface area (Å²) in [4.78, 5) is 16.1. The largest absolute Gasteiger partial charge is 0.450 e. The van der Waals surface area contributed by atoms with Crippen LogP contribution < -0.4 is 5.32 Å². The average molecular weight is 255 g/mol. The fourth-order valence-electron chi connectivity index (χ4n) is 2.85. The van der Waals surface area contributed by atoms with Crippen molar-refractivity contribution in [2.45, 2.75) is 19.8 Å². The Morgan fingerprint density at radius 2 is 2.11 bits per heavy atom. The molecule has 5 heteroatoms. The summed E-state index contributed by atoms with van der Waals surface area (Å²) in [6, 6.07) is 0. The molecule has 0 bridgehead atoms. The molecule has 0 aromatic heterocycles. The van der Waals surface area contributed by atoms with Crippen molar-refractivity contribution in [3.05, 3.63) is 0 Å². The third kappa shape index (κ3) is 3.85. The van der Waals surface area contributed by atoms with Gasteiger partial charge in [0.05, 0.1) is 6.61 Å². The van der Waals surface area contributed by atoms with Crippen LogP contribution in [-0.2, 0) is 4.74 Å². The van der Waals surface area contributed by atoms with Crippen LogP contribution >= 0.6 is 0 Å². The van der Waals surface area contributed by atoms with Gasteiger partial charge in [-0.25, -0.2) is 4.79 Å². The van der Waals surface area contributed by atoms with E-state index in [4.69, 9.17) is 4.74 Å². The van der Waals surface area contributed by atoms with Gasteiger partial charge < -0.3 is 19.9 Å². The number of ether oxygens (including phenoxy) is 1. The van der Waals surface area contributed by atoms with E-state index in [1.54, 1.807) is 0 Å². The standard InChI is InChI=1S/C13H25N3O2/c1-2-18-13(17)16-7-3-4-12(11-16)10-15-8-5-14-6-9-15/h12,14H,2-11H2,1H3/t12-/m1/s1. The van der Waals surface area contributed by atoms with E-state index in [1.807, 2.05) is 11.8 Å². The molecule has 18 heavy (non-hydrogen) atoms. The molecule has 0 unspecified atom stereocenters. The number of carbonyl (C=O) groups excluding carboxylic acids is 1. The summed E-state index contributed by atoms with van der Waals surface area (Å²) in [5.41, 5.74) is 0. The van der Waals surface area contributed by atoms with Crippen molar-refractivity contribution in [1.82, 2.24) is 15.1 Å². The van der Waals surface area contributed by atoms with E-state index in [2.05, 4.69) is 10.2 Å². The fraction of sp³-hybridized carbons (Fsp3) is 0.923. The molecule has 2 fully saturated rings. The summed E-state index contributed by atoms with van der Waals surface area (Å²) in [5, 5.41) is 3.37. The van der Waals surface area contributed by atoms with Crippen molar-refractivity contribution < 1.29 is 9.53 Å². The van der Waals surface area contributed by atoms with Crippen LogP contribution in [0.5, 0.6) is 0 Å². The molecule has 2 aliphatic heterocycles. The summed E-state index contributed by atoms with van der Waals surface area (Å²) in [5.74, 6) is 0.612. The normalized spacial score (nSPS) is 26.1. The van der Waals surface area contributed by atoms with Gasteiger partial charge in [0.15, 0.2) is 0 Å². The zero-order valence-electron chi connectivity index (χ0n) is 11.4. The highest BCUT2D eigenvalue weighted by Crippen LogP contribution is 2.18. The Hall–Kier alpha value is -0.810. The summed E-state index contributed by atoms with van der Waals surface area (Å²) in [7, 11) is 0. The molecule has 1 atom stereocenters. The first-order chi connectivity index (χ1) is 8.79. The SMILES string of the molecule is CCOC(=O)N1CCC[C@H](CN2CCNCC2)C1. The minimum atomic E-state index is -0.137. The Morgan fingerprint density at radius 1 is 1.33 bits per heavy atom. The fourth-order valence-corrected chi connectivity index (χ4v) is 2.85. The van der Waals surface area contributed by atoms with E-state index in [9.17, 15) is 4.79 Å². The summed E-state index contributed by atoms with van der Waals surface area (Å²) >= 11 is 0. The van der Waals surface area contributed by atoms with Crippen LogP contribution in [-0.4, -0.2) is 68.3 Å². The summed E-state index contributed by atoms with van der Waals surface area (Å²) in [6.07, 6.45) is 2.21. The van der Waals surface area contributed by atoms with E-state index >= 15 is 0 Å². The van der Waals surface area contributed by atoms with Gasteiger partial charge in [0.2, 0.25) is 0 Å². The quantitative estimate of drug-likeness (QED) is 0.809. The van der Waals surface area contributed by atoms with Crippen molar-refractivity contribution >= 4 is 6.09 Å². The van der Waals surface area contributed by atoms with Crippen LogP contribution in [0.25, 0.3) is 0 Å². The second-order valence-electron chi connectivity index (χ2n) is 5.20. The van der Waals surface area contributed by atoms with E-state index in [-0.39, 0.29) is 6.09 Å². The van der Waals surface area contributed by atoms with Crippen molar-refractivity contribution in [1.29, 1.82) is 0 Å². The molecule has 0 saturated carbocycles. The van der Waals surface area contributed by atoms with Gasteiger partial charge >= 0.3 is 6.09 Å². The van der Waals surface area contributed by atoms with E-state index in [1.165, 1.54) is 6.42 Å². The molecule has 2 saturated heterocycles. The third-order valence-electron chi connectivity index (χ3n) is 3.77. The molecule has 0 aliphatic carbocycles.